The van der Waals surface area contributed by atoms with Crippen molar-refractivity contribution < 1.29 is 15.0 Å². The summed E-state index contributed by atoms with van der Waals surface area (Å²) < 4.78 is 0. The van der Waals surface area contributed by atoms with Crippen molar-refractivity contribution in [3.8, 4) is 0 Å². The first-order valence-corrected chi connectivity index (χ1v) is 20.1. The molecule has 0 aromatic carbocycles. The Bertz CT molecular complexity index is 1130. The number of aliphatic hydroxyl groups excluding tert-OH is 1. The van der Waals surface area contributed by atoms with E-state index < -0.39 is 5.97 Å². The molecule has 0 radical (unpaired) electrons. The maximum absolute atomic E-state index is 10.7. The third kappa shape index (κ3) is 8.95. The number of hydrogen-bond donors (Lipinski definition) is 2. The van der Waals surface area contributed by atoms with E-state index in [0.29, 0.717) is 29.1 Å². The summed E-state index contributed by atoms with van der Waals surface area (Å²) in [4.78, 5) is 10.5. The number of rotatable bonds is 19. The molecule has 2 N–H and O–H groups in total. The van der Waals surface area contributed by atoms with E-state index in [9.17, 15) is 9.90 Å². The minimum Gasteiger partial charge on any atom is -0.478 e. The predicted octanol–water partition coefficient (Wildman–Crippen LogP) is 12.4. The van der Waals surface area contributed by atoms with Crippen LogP contribution in [-0.2, 0) is 4.79 Å². The Balaban J connectivity index is 1.31. The lowest BCUT2D eigenvalue weighted by Crippen LogP contribution is -2.54. The second kappa shape index (κ2) is 17.4. The van der Waals surface area contributed by atoms with E-state index in [-0.39, 0.29) is 16.9 Å². The van der Waals surface area contributed by atoms with Crippen LogP contribution >= 0.6 is 0 Å². The summed E-state index contributed by atoms with van der Waals surface area (Å²) >= 11 is 0. The van der Waals surface area contributed by atoms with Crippen LogP contribution in [0.5, 0.6) is 0 Å². The van der Waals surface area contributed by atoms with Crippen molar-refractivity contribution in [1.82, 2.24) is 0 Å². The number of carboxylic acids is 1. The monoisotopic (exact) mass is 649 g/mol. The molecule has 4 rings (SSSR count). The molecular formula is C44H72O3. The van der Waals surface area contributed by atoms with Crippen molar-refractivity contribution >= 4 is 5.97 Å². The maximum atomic E-state index is 10.7. The molecule has 0 amide bonds. The zero-order valence-corrected chi connectivity index (χ0v) is 31.4. The number of carbonyl (C=O) groups is 1. The van der Waals surface area contributed by atoms with Gasteiger partial charge in [0.05, 0.1) is 6.10 Å². The number of aliphatic hydroxyl groups is 1. The molecule has 4 aliphatic rings. The summed E-state index contributed by atoms with van der Waals surface area (Å²) in [5.41, 5.74) is 4.26. The lowest BCUT2D eigenvalue weighted by atomic mass is 9.42. The van der Waals surface area contributed by atoms with Gasteiger partial charge >= 0.3 is 5.97 Å². The summed E-state index contributed by atoms with van der Waals surface area (Å²) in [6.07, 6.45) is 38.1. The highest BCUT2D eigenvalue weighted by atomic mass is 16.4. The predicted molar refractivity (Wildman–Crippen MR) is 199 cm³/mol. The quantitative estimate of drug-likeness (QED) is 0.0832. The summed E-state index contributed by atoms with van der Waals surface area (Å²) in [6.45, 7) is 14.8. The largest absolute Gasteiger partial charge is 0.478 e. The average Bonchev–Trinajstić information content (AvgIpc) is 3.39. The van der Waals surface area contributed by atoms with Gasteiger partial charge in [-0.05, 0) is 105 Å². The summed E-state index contributed by atoms with van der Waals surface area (Å²) in [5, 5.41) is 19.4. The summed E-state index contributed by atoms with van der Waals surface area (Å²) in [5.74, 6) is 2.63. The van der Waals surface area contributed by atoms with E-state index in [2.05, 4.69) is 65.8 Å². The van der Waals surface area contributed by atoms with Crippen molar-refractivity contribution in [3.63, 3.8) is 0 Å². The second-order valence-corrected chi connectivity index (χ2v) is 17.4. The fourth-order valence-corrected chi connectivity index (χ4v) is 10.7. The van der Waals surface area contributed by atoms with E-state index in [1.165, 1.54) is 102 Å². The van der Waals surface area contributed by atoms with Crippen LogP contribution in [0.1, 0.15) is 170 Å². The number of carboxylic acid groups (broad SMARTS) is 1. The van der Waals surface area contributed by atoms with Gasteiger partial charge in [0, 0.05) is 11.5 Å². The molecule has 2 unspecified atom stereocenters. The molecule has 3 fully saturated rings. The normalized spacial score (nSPS) is 33.4. The molecule has 266 valence electrons. The van der Waals surface area contributed by atoms with E-state index in [4.69, 9.17) is 5.11 Å². The summed E-state index contributed by atoms with van der Waals surface area (Å²) in [7, 11) is 0. The smallest absolute Gasteiger partial charge is 0.327 e. The third-order valence-corrected chi connectivity index (χ3v) is 14.2. The van der Waals surface area contributed by atoms with Gasteiger partial charge in [-0.3, -0.25) is 0 Å². The molecular weight excluding hydrogens is 576 g/mol. The van der Waals surface area contributed by atoms with Gasteiger partial charge in [-0.1, -0.05) is 147 Å². The van der Waals surface area contributed by atoms with Crippen molar-refractivity contribution in [1.29, 1.82) is 0 Å². The van der Waals surface area contributed by atoms with Gasteiger partial charge < -0.3 is 10.2 Å². The van der Waals surface area contributed by atoms with Gasteiger partial charge in [0.2, 0.25) is 0 Å². The Kier molecular flexibility index (Phi) is 14.1. The molecule has 0 heterocycles. The molecule has 0 bridgehead atoms. The molecule has 0 aromatic heterocycles. The fourth-order valence-electron chi connectivity index (χ4n) is 10.7. The van der Waals surface area contributed by atoms with Gasteiger partial charge in [-0.25, -0.2) is 4.79 Å². The van der Waals surface area contributed by atoms with Crippen molar-refractivity contribution in [2.24, 2.45) is 45.8 Å². The molecule has 4 aliphatic carbocycles. The first kappa shape index (κ1) is 38.2. The van der Waals surface area contributed by atoms with Crippen molar-refractivity contribution in [2.75, 3.05) is 0 Å². The topological polar surface area (TPSA) is 57.5 Å². The van der Waals surface area contributed by atoms with Gasteiger partial charge in [0.1, 0.15) is 0 Å². The Hall–Kier alpha value is -1.61. The van der Waals surface area contributed by atoms with Crippen LogP contribution in [0.4, 0.5) is 0 Å². The van der Waals surface area contributed by atoms with E-state index in [0.717, 1.165) is 38.0 Å². The highest BCUT2D eigenvalue weighted by Crippen LogP contribution is 2.72. The molecule has 47 heavy (non-hydrogen) atoms. The number of aliphatic carboxylic acids is 1. The van der Waals surface area contributed by atoms with Crippen LogP contribution in [0.15, 0.2) is 47.6 Å². The minimum atomic E-state index is -0.838. The fraction of sp³-hybridized carbons (Fsp3) is 0.795. The van der Waals surface area contributed by atoms with Crippen LogP contribution < -0.4 is 0 Å². The van der Waals surface area contributed by atoms with Gasteiger partial charge in [0.15, 0.2) is 0 Å². The van der Waals surface area contributed by atoms with Crippen molar-refractivity contribution in [2.45, 2.75) is 176 Å². The first-order chi connectivity index (χ1) is 22.4. The third-order valence-electron chi connectivity index (χ3n) is 14.2. The Morgan fingerprint density at radius 1 is 0.830 bits per heavy atom. The Morgan fingerprint density at radius 3 is 2.11 bits per heavy atom. The standard InChI is InChI=1S/C44H72O3/c1-33(2)34(3)21-22-35(4)38-25-26-39-40-24-23-36-32-37(45)27-29-43(36,6)44(40,31-30-42(38,39)5)28-19-17-15-13-11-9-7-8-10-12-14-16-18-20-41(46)47/h18,20-24,33-35,37-39,45H,7-17,19,25-32H2,1-6H3,(H,46,47)/t34-,35+,37?,38+,39-,42+,43-,44?/m0/s1. The molecule has 3 nitrogen and oxygen atoms in total. The molecule has 3 saturated carbocycles. The lowest BCUT2D eigenvalue weighted by molar-refractivity contribution is -0.131. The van der Waals surface area contributed by atoms with Crippen LogP contribution in [0.2, 0.25) is 0 Å². The molecule has 0 aromatic rings. The van der Waals surface area contributed by atoms with Crippen LogP contribution in [0, 0.1) is 45.8 Å². The lowest BCUT2D eigenvalue weighted by Gasteiger charge is -2.62. The van der Waals surface area contributed by atoms with Gasteiger partial charge in [-0.2, -0.15) is 0 Å². The maximum Gasteiger partial charge on any atom is 0.327 e. The molecule has 0 spiro atoms. The van der Waals surface area contributed by atoms with E-state index >= 15 is 0 Å². The molecule has 0 saturated heterocycles. The number of fused-ring (bicyclic) bond motifs is 5. The molecule has 0 aliphatic heterocycles. The zero-order chi connectivity index (χ0) is 34.1. The SMILES string of the molecule is CC(C)[C@@H](C)C=C[C@@H](C)[C@H]1CC[C@H]2C3=CC=C4CC(O)CC[C@]4(C)C3(CCCCCCCCCCCCCC=CC(=O)O)CC[C@]12C. The van der Waals surface area contributed by atoms with Crippen molar-refractivity contribution in [3.05, 3.63) is 47.6 Å². The highest BCUT2D eigenvalue weighted by molar-refractivity contribution is 5.79. The summed E-state index contributed by atoms with van der Waals surface area (Å²) in [6, 6.07) is 0. The molecule has 8 atom stereocenters. The zero-order valence-electron chi connectivity index (χ0n) is 31.4. The van der Waals surface area contributed by atoms with Crippen LogP contribution in [-0.4, -0.2) is 22.3 Å². The average molecular weight is 649 g/mol. The minimum absolute atomic E-state index is 0.159. The van der Waals surface area contributed by atoms with Gasteiger partial charge in [-0.15, -0.1) is 0 Å². The number of unbranched alkanes of at least 4 members (excludes halogenated alkanes) is 11. The Morgan fingerprint density at radius 2 is 1.47 bits per heavy atom. The van der Waals surface area contributed by atoms with Gasteiger partial charge in [0.25, 0.3) is 0 Å². The number of hydrogen-bond acceptors (Lipinski definition) is 2. The highest BCUT2D eigenvalue weighted by Gasteiger charge is 2.63. The van der Waals surface area contributed by atoms with Crippen LogP contribution in [0.3, 0.4) is 0 Å². The van der Waals surface area contributed by atoms with E-state index in [1.54, 1.807) is 11.6 Å². The van der Waals surface area contributed by atoms with Crippen LogP contribution in [0.25, 0.3) is 0 Å². The Labute approximate surface area is 289 Å². The number of allylic oxidation sites excluding steroid dienone is 6. The molecule has 3 heteroatoms. The second-order valence-electron chi connectivity index (χ2n) is 17.4. The van der Waals surface area contributed by atoms with E-state index in [1.807, 2.05) is 5.57 Å². The first-order valence-electron chi connectivity index (χ1n) is 20.1.